The van der Waals surface area contributed by atoms with E-state index in [1.165, 1.54) is 6.33 Å². The molecule has 130 valence electrons. The molecule has 0 aliphatic heterocycles. The van der Waals surface area contributed by atoms with E-state index in [9.17, 15) is 5.11 Å². The fourth-order valence-corrected chi connectivity index (χ4v) is 2.91. The SMILES string of the molecule is CC(C)Oc1cccc(C(O)CNc2ncnc3ccc(Br)cc23)c1. The maximum atomic E-state index is 10.5. The summed E-state index contributed by atoms with van der Waals surface area (Å²) in [5, 5.41) is 14.6. The molecule has 2 N–H and O–H groups in total. The summed E-state index contributed by atoms with van der Waals surface area (Å²) in [7, 11) is 0. The molecule has 1 unspecified atom stereocenters. The van der Waals surface area contributed by atoms with Gasteiger partial charge in [0.15, 0.2) is 0 Å². The van der Waals surface area contributed by atoms with Crippen molar-refractivity contribution in [2.75, 3.05) is 11.9 Å². The molecule has 2 aromatic carbocycles. The molecule has 3 rings (SSSR count). The van der Waals surface area contributed by atoms with Crippen LogP contribution < -0.4 is 10.1 Å². The van der Waals surface area contributed by atoms with E-state index in [0.29, 0.717) is 12.4 Å². The van der Waals surface area contributed by atoms with Crippen LogP contribution in [0, 0.1) is 0 Å². The van der Waals surface area contributed by atoms with Gasteiger partial charge in [-0.05, 0) is 49.7 Å². The van der Waals surface area contributed by atoms with Crippen molar-refractivity contribution < 1.29 is 9.84 Å². The average Bonchev–Trinajstić information content (AvgIpc) is 2.59. The third-order valence-corrected chi connectivity index (χ3v) is 4.17. The molecule has 0 saturated carbocycles. The molecule has 25 heavy (non-hydrogen) atoms. The Kier molecular flexibility index (Phi) is 5.50. The number of benzene rings is 2. The lowest BCUT2D eigenvalue weighted by Gasteiger charge is -2.16. The lowest BCUT2D eigenvalue weighted by Crippen LogP contribution is -2.14. The number of anilines is 1. The fraction of sp³-hybridized carbons (Fsp3) is 0.263. The Hall–Kier alpha value is -2.18. The van der Waals surface area contributed by atoms with Gasteiger partial charge in [-0.1, -0.05) is 28.1 Å². The normalized spacial score (nSPS) is 12.4. The van der Waals surface area contributed by atoms with Crippen LogP contribution in [0.5, 0.6) is 5.75 Å². The molecule has 0 spiro atoms. The first-order valence-electron chi connectivity index (χ1n) is 8.12. The van der Waals surface area contributed by atoms with E-state index in [1.54, 1.807) is 0 Å². The number of nitrogens with zero attached hydrogens (tertiary/aromatic N) is 2. The number of nitrogens with one attached hydrogen (secondary N) is 1. The molecule has 5 nitrogen and oxygen atoms in total. The standard InChI is InChI=1S/C19H20BrN3O2/c1-12(2)25-15-5-3-4-13(8-15)18(24)10-21-19-16-9-14(20)6-7-17(16)22-11-23-19/h3-9,11-12,18,24H,10H2,1-2H3,(H,21,22,23). The van der Waals surface area contributed by atoms with Crippen molar-refractivity contribution in [3.63, 3.8) is 0 Å². The number of fused-ring (bicyclic) bond motifs is 1. The van der Waals surface area contributed by atoms with Crippen LogP contribution in [0.15, 0.2) is 53.3 Å². The van der Waals surface area contributed by atoms with Crippen LogP contribution in [0.1, 0.15) is 25.5 Å². The Labute approximate surface area is 155 Å². The molecule has 0 aliphatic carbocycles. The number of aliphatic hydroxyl groups is 1. The third kappa shape index (κ3) is 4.46. The van der Waals surface area contributed by atoms with E-state index in [-0.39, 0.29) is 6.10 Å². The van der Waals surface area contributed by atoms with E-state index >= 15 is 0 Å². The number of hydrogen-bond donors (Lipinski definition) is 2. The van der Waals surface area contributed by atoms with Crippen LogP contribution in [-0.4, -0.2) is 27.7 Å². The molecule has 6 heteroatoms. The van der Waals surface area contributed by atoms with Crippen LogP contribution in [0.25, 0.3) is 10.9 Å². The number of aliphatic hydroxyl groups excluding tert-OH is 1. The van der Waals surface area contributed by atoms with Gasteiger partial charge in [-0.3, -0.25) is 0 Å². The second-order valence-corrected chi connectivity index (χ2v) is 6.94. The maximum absolute atomic E-state index is 10.5. The minimum Gasteiger partial charge on any atom is -0.491 e. The van der Waals surface area contributed by atoms with Crippen LogP contribution in [0.4, 0.5) is 5.82 Å². The third-order valence-electron chi connectivity index (χ3n) is 3.67. The second kappa shape index (κ2) is 7.80. The highest BCUT2D eigenvalue weighted by molar-refractivity contribution is 9.10. The number of halogens is 1. The van der Waals surface area contributed by atoms with Gasteiger partial charge in [-0.15, -0.1) is 0 Å². The summed E-state index contributed by atoms with van der Waals surface area (Å²) in [6.45, 7) is 4.29. The van der Waals surface area contributed by atoms with Gasteiger partial charge in [0.2, 0.25) is 0 Å². The molecular formula is C19H20BrN3O2. The van der Waals surface area contributed by atoms with E-state index in [2.05, 4.69) is 31.2 Å². The van der Waals surface area contributed by atoms with Crippen molar-refractivity contribution in [3.8, 4) is 5.75 Å². The van der Waals surface area contributed by atoms with Crippen LogP contribution >= 0.6 is 15.9 Å². The Bertz CT molecular complexity index is 870. The quantitative estimate of drug-likeness (QED) is 0.643. The van der Waals surface area contributed by atoms with Gasteiger partial charge in [0.25, 0.3) is 0 Å². The summed E-state index contributed by atoms with van der Waals surface area (Å²) in [5.74, 6) is 1.45. The lowest BCUT2D eigenvalue weighted by molar-refractivity contribution is 0.190. The zero-order valence-corrected chi connectivity index (χ0v) is 15.7. The summed E-state index contributed by atoms with van der Waals surface area (Å²) in [6.07, 6.45) is 0.937. The van der Waals surface area contributed by atoms with Crippen molar-refractivity contribution >= 4 is 32.7 Å². The highest BCUT2D eigenvalue weighted by atomic mass is 79.9. The van der Waals surface area contributed by atoms with Crippen LogP contribution in [0.3, 0.4) is 0 Å². The average molecular weight is 402 g/mol. The molecule has 1 heterocycles. The molecule has 3 aromatic rings. The smallest absolute Gasteiger partial charge is 0.137 e. The highest BCUT2D eigenvalue weighted by Gasteiger charge is 2.11. The zero-order chi connectivity index (χ0) is 17.8. The van der Waals surface area contributed by atoms with Gasteiger partial charge in [0.05, 0.1) is 17.7 Å². The van der Waals surface area contributed by atoms with E-state index in [1.807, 2.05) is 56.3 Å². The number of ether oxygens (including phenoxy) is 1. The molecule has 1 aromatic heterocycles. The van der Waals surface area contributed by atoms with Gasteiger partial charge in [-0.2, -0.15) is 0 Å². The topological polar surface area (TPSA) is 67.3 Å². The molecule has 0 aliphatic rings. The summed E-state index contributed by atoms with van der Waals surface area (Å²) >= 11 is 3.46. The minimum absolute atomic E-state index is 0.0938. The van der Waals surface area contributed by atoms with Gasteiger partial charge >= 0.3 is 0 Å². The van der Waals surface area contributed by atoms with Crippen LogP contribution in [0.2, 0.25) is 0 Å². The minimum atomic E-state index is -0.673. The largest absolute Gasteiger partial charge is 0.491 e. The van der Waals surface area contributed by atoms with E-state index in [0.717, 1.165) is 26.7 Å². The summed E-state index contributed by atoms with van der Waals surface area (Å²) in [6, 6.07) is 13.3. The number of rotatable bonds is 6. The number of aromatic nitrogens is 2. The Balaban J connectivity index is 1.74. The molecule has 0 saturated heterocycles. The van der Waals surface area contributed by atoms with Crippen molar-refractivity contribution in [2.24, 2.45) is 0 Å². The molecule has 0 fully saturated rings. The summed E-state index contributed by atoms with van der Waals surface area (Å²) < 4.78 is 6.64. The molecule has 0 bridgehead atoms. The summed E-state index contributed by atoms with van der Waals surface area (Å²) in [5.41, 5.74) is 1.65. The van der Waals surface area contributed by atoms with Crippen molar-refractivity contribution in [1.29, 1.82) is 0 Å². The van der Waals surface area contributed by atoms with Crippen molar-refractivity contribution in [1.82, 2.24) is 9.97 Å². The first kappa shape index (κ1) is 17.6. The Morgan fingerprint density at radius 1 is 1.16 bits per heavy atom. The highest BCUT2D eigenvalue weighted by Crippen LogP contribution is 2.25. The monoisotopic (exact) mass is 401 g/mol. The first-order valence-corrected chi connectivity index (χ1v) is 8.91. The van der Waals surface area contributed by atoms with Gasteiger partial charge in [-0.25, -0.2) is 9.97 Å². The number of hydrogen-bond acceptors (Lipinski definition) is 5. The predicted molar refractivity (Wildman–Crippen MR) is 103 cm³/mol. The maximum Gasteiger partial charge on any atom is 0.137 e. The Morgan fingerprint density at radius 2 is 2.00 bits per heavy atom. The molecular weight excluding hydrogens is 382 g/mol. The van der Waals surface area contributed by atoms with Crippen LogP contribution in [-0.2, 0) is 0 Å². The van der Waals surface area contributed by atoms with Crippen molar-refractivity contribution in [2.45, 2.75) is 26.1 Å². The molecule has 1 atom stereocenters. The van der Waals surface area contributed by atoms with Gasteiger partial charge in [0, 0.05) is 16.4 Å². The van der Waals surface area contributed by atoms with Crippen molar-refractivity contribution in [3.05, 3.63) is 58.8 Å². The van der Waals surface area contributed by atoms with Gasteiger partial charge in [0.1, 0.15) is 17.9 Å². The molecule has 0 amide bonds. The van der Waals surface area contributed by atoms with Gasteiger partial charge < -0.3 is 15.2 Å². The summed E-state index contributed by atoms with van der Waals surface area (Å²) in [4.78, 5) is 8.55. The van der Waals surface area contributed by atoms with E-state index in [4.69, 9.17) is 4.74 Å². The predicted octanol–water partition coefficient (Wildman–Crippen LogP) is 4.33. The zero-order valence-electron chi connectivity index (χ0n) is 14.1. The first-order chi connectivity index (χ1) is 12.0. The molecule has 0 radical (unpaired) electrons. The Morgan fingerprint density at radius 3 is 2.80 bits per heavy atom. The second-order valence-electron chi connectivity index (χ2n) is 6.02. The van der Waals surface area contributed by atoms with E-state index < -0.39 is 6.10 Å². The lowest BCUT2D eigenvalue weighted by atomic mass is 10.1. The fourth-order valence-electron chi connectivity index (χ4n) is 2.55.